The number of alkyl halides is 3. The van der Waals surface area contributed by atoms with Gasteiger partial charge in [-0.1, -0.05) is 34.8 Å². The van der Waals surface area contributed by atoms with Crippen molar-refractivity contribution in [2.75, 3.05) is 18.0 Å². The van der Waals surface area contributed by atoms with Gasteiger partial charge >= 0.3 is 6.18 Å². The molecule has 0 bridgehead atoms. The highest BCUT2D eigenvalue weighted by Gasteiger charge is 2.37. The number of hydrogen-bond acceptors (Lipinski definition) is 5. The quantitative estimate of drug-likeness (QED) is 0.286. The molecule has 1 saturated heterocycles. The highest BCUT2D eigenvalue weighted by molar-refractivity contribution is 6.36. The van der Waals surface area contributed by atoms with Gasteiger partial charge in [0.1, 0.15) is 23.4 Å². The summed E-state index contributed by atoms with van der Waals surface area (Å²) in [6, 6.07) is 4.29. The van der Waals surface area contributed by atoms with Gasteiger partial charge in [-0.05, 0) is 31.5 Å². The number of anilines is 1. The van der Waals surface area contributed by atoms with Gasteiger partial charge < -0.3 is 9.64 Å². The molecule has 12 heteroatoms. The molecule has 1 aliphatic rings. The highest BCUT2D eigenvalue weighted by atomic mass is 35.5. The Morgan fingerprint density at radius 2 is 1.74 bits per heavy atom. The third-order valence-electron chi connectivity index (χ3n) is 5.82. The molecule has 0 radical (unpaired) electrons. The summed E-state index contributed by atoms with van der Waals surface area (Å²) >= 11 is 18.9. The smallest absolute Gasteiger partial charge is 0.419 e. The predicted octanol–water partition coefficient (Wildman–Crippen LogP) is 7.35. The molecule has 1 aliphatic heterocycles. The average Bonchev–Trinajstić information content (AvgIpc) is 3.14. The molecule has 4 heterocycles. The lowest BCUT2D eigenvalue weighted by Crippen LogP contribution is -2.39. The maximum Gasteiger partial charge on any atom is 0.419 e. The maximum absolute atomic E-state index is 13.8. The van der Waals surface area contributed by atoms with Crippen LogP contribution >= 0.6 is 34.8 Å². The number of rotatable bonds is 5. The fraction of sp³-hybridized carbons (Fsp3) is 0.261. The lowest BCUT2D eigenvalue weighted by Gasteiger charge is -2.33. The van der Waals surface area contributed by atoms with Crippen LogP contribution in [0.4, 0.5) is 19.0 Å². The minimum absolute atomic E-state index is 0.0701. The van der Waals surface area contributed by atoms with Crippen molar-refractivity contribution in [3.05, 3.63) is 63.0 Å². The minimum Gasteiger partial charge on any atom is -0.484 e. The molecule has 1 fully saturated rings. The van der Waals surface area contributed by atoms with Gasteiger partial charge in [0, 0.05) is 48.2 Å². The summed E-state index contributed by atoms with van der Waals surface area (Å²) in [4.78, 5) is 9.68. The minimum atomic E-state index is -4.56. The second-order valence-electron chi connectivity index (χ2n) is 8.11. The number of aromatic nitrogens is 4. The van der Waals surface area contributed by atoms with Crippen molar-refractivity contribution in [3.63, 3.8) is 0 Å². The number of nitrogens with one attached hydrogen (secondary N) is 1. The Morgan fingerprint density at radius 3 is 2.37 bits per heavy atom. The SMILES string of the molecule is C[C@@H](Oc1cc2c(-c3cnc(N4CCC4)c(C(F)(F)F)c3)n[nH]c2cc1Cl)c1c(Cl)cncc1Cl. The normalized spacial score (nSPS) is 14.8. The predicted molar refractivity (Wildman–Crippen MR) is 129 cm³/mol. The lowest BCUT2D eigenvalue weighted by molar-refractivity contribution is -0.137. The van der Waals surface area contributed by atoms with Crippen LogP contribution in [0.15, 0.2) is 36.8 Å². The Bertz CT molecular complexity index is 1400. The van der Waals surface area contributed by atoms with Crippen LogP contribution < -0.4 is 9.64 Å². The number of fused-ring (bicyclic) bond motifs is 1. The van der Waals surface area contributed by atoms with E-state index in [1.165, 1.54) is 18.6 Å². The van der Waals surface area contributed by atoms with Gasteiger partial charge in [-0.25, -0.2) is 4.98 Å². The molecule has 182 valence electrons. The fourth-order valence-corrected chi connectivity index (χ4v) is 4.84. The molecule has 4 aromatic rings. The molecule has 1 aromatic carbocycles. The van der Waals surface area contributed by atoms with Crippen molar-refractivity contribution in [1.29, 1.82) is 0 Å². The number of hydrogen-bond donors (Lipinski definition) is 1. The second kappa shape index (κ2) is 9.04. The van der Waals surface area contributed by atoms with Crippen LogP contribution in [-0.2, 0) is 6.18 Å². The van der Waals surface area contributed by atoms with Crippen LogP contribution in [-0.4, -0.2) is 33.3 Å². The van der Waals surface area contributed by atoms with Crippen molar-refractivity contribution in [3.8, 4) is 17.0 Å². The Kier molecular flexibility index (Phi) is 6.19. The van der Waals surface area contributed by atoms with Crippen LogP contribution in [0.3, 0.4) is 0 Å². The van der Waals surface area contributed by atoms with E-state index in [1.54, 1.807) is 24.0 Å². The number of nitrogens with zero attached hydrogens (tertiary/aromatic N) is 4. The Labute approximate surface area is 213 Å². The summed E-state index contributed by atoms with van der Waals surface area (Å²) in [7, 11) is 0. The number of benzene rings is 1. The molecule has 0 saturated carbocycles. The van der Waals surface area contributed by atoms with E-state index < -0.39 is 17.8 Å². The van der Waals surface area contributed by atoms with E-state index in [-0.39, 0.29) is 16.4 Å². The third kappa shape index (κ3) is 4.48. The van der Waals surface area contributed by atoms with Crippen LogP contribution in [0, 0.1) is 0 Å². The Morgan fingerprint density at radius 1 is 1.03 bits per heavy atom. The van der Waals surface area contributed by atoms with Crippen molar-refractivity contribution < 1.29 is 17.9 Å². The average molecular weight is 543 g/mol. The van der Waals surface area contributed by atoms with Gasteiger partial charge in [0.2, 0.25) is 0 Å². The Hall–Kier alpha value is -2.75. The van der Waals surface area contributed by atoms with Crippen LogP contribution in [0.1, 0.15) is 30.6 Å². The number of H-pyrrole nitrogens is 1. The first-order valence-corrected chi connectivity index (χ1v) is 11.7. The number of pyridine rings is 2. The number of aromatic amines is 1. The van der Waals surface area contributed by atoms with Crippen molar-refractivity contribution in [2.45, 2.75) is 25.6 Å². The zero-order valence-electron chi connectivity index (χ0n) is 18.1. The zero-order valence-corrected chi connectivity index (χ0v) is 20.4. The first kappa shape index (κ1) is 24.0. The molecule has 5 rings (SSSR count). The van der Waals surface area contributed by atoms with E-state index in [9.17, 15) is 13.2 Å². The van der Waals surface area contributed by atoms with E-state index in [4.69, 9.17) is 39.5 Å². The van der Waals surface area contributed by atoms with Gasteiger partial charge in [0.25, 0.3) is 0 Å². The molecular formula is C23H17Cl3F3N5O. The topological polar surface area (TPSA) is 66.9 Å². The van der Waals surface area contributed by atoms with Crippen molar-refractivity contribution in [1.82, 2.24) is 20.2 Å². The van der Waals surface area contributed by atoms with E-state index in [1.807, 2.05) is 0 Å². The maximum atomic E-state index is 13.8. The van der Waals surface area contributed by atoms with E-state index in [0.29, 0.717) is 51.0 Å². The molecular weight excluding hydrogens is 526 g/mol. The number of ether oxygens (including phenoxy) is 1. The van der Waals surface area contributed by atoms with Gasteiger partial charge in [-0.15, -0.1) is 0 Å². The van der Waals surface area contributed by atoms with Gasteiger partial charge in [-0.2, -0.15) is 18.3 Å². The van der Waals surface area contributed by atoms with Crippen LogP contribution in [0.25, 0.3) is 22.2 Å². The largest absolute Gasteiger partial charge is 0.484 e. The molecule has 1 N–H and O–H groups in total. The molecule has 1 atom stereocenters. The summed E-state index contributed by atoms with van der Waals surface area (Å²) < 4.78 is 47.5. The first-order chi connectivity index (χ1) is 16.6. The zero-order chi connectivity index (χ0) is 24.9. The number of halogens is 6. The standard InChI is InChI=1S/C23H17Cl3F3N5O/c1-11(20-16(25)9-30-10-17(20)26)35-19-6-13-18(7-15(19)24)32-33-21(13)12-5-14(23(27,28)29)22(31-8-12)34-3-2-4-34/h5-11H,2-4H2,1H3,(H,32,33)/t11-/m1/s1. The van der Waals surface area contributed by atoms with Crippen molar-refractivity contribution in [2.24, 2.45) is 0 Å². The fourth-order valence-electron chi connectivity index (χ4n) is 3.96. The van der Waals surface area contributed by atoms with Crippen molar-refractivity contribution >= 4 is 51.5 Å². The molecule has 0 spiro atoms. The van der Waals surface area contributed by atoms with Crippen LogP contribution in [0.2, 0.25) is 15.1 Å². The first-order valence-electron chi connectivity index (χ1n) is 10.6. The summed E-state index contributed by atoms with van der Waals surface area (Å²) in [5.41, 5.74) is 0.779. The molecule has 0 unspecified atom stereocenters. The van der Waals surface area contributed by atoms with Crippen LogP contribution in [0.5, 0.6) is 5.75 Å². The molecule has 0 aliphatic carbocycles. The van der Waals surface area contributed by atoms with Gasteiger partial charge in [0.15, 0.2) is 0 Å². The van der Waals surface area contributed by atoms with Gasteiger partial charge in [0.05, 0.1) is 26.1 Å². The monoisotopic (exact) mass is 541 g/mol. The molecule has 3 aromatic heterocycles. The summed E-state index contributed by atoms with van der Waals surface area (Å²) in [5, 5.41) is 8.52. The lowest BCUT2D eigenvalue weighted by atomic mass is 10.1. The van der Waals surface area contributed by atoms with E-state index >= 15 is 0 Å². The summed E-state index contributed by atoms with van der Waals surface area (Å²) in [6.07, 6.45) is -0.00330. The van der Waals surface area contributed by atoms with E-state index in [2.05, 4.69) is 20.2 Å². The second-order valence-corrected chi connectivity index (χ2v) is 9.33. The summed E-state index contributed by atoms with van der Waals surface area (Å²) in [5.74, 6) is 0.221. The third-order valence-corrected chi connectivity index (χ3v) is 6.71. The van der Waals surface area contributed by atoms with Gasteiger partial charge in [-0.3, -0.25) is 10.1 Å². The summed E-state index contributed by atoms with van der Waals surface area (Å²) in [6.45, 7) is 2.84. The molecule has 0 amide bonds. The Balaban J connectivity index is 1.55. The molecule has 35 heavy (non-hydrogen) atoms. The molecule has 6 nitrogen and oxygen atoms in total. The highest BCUT2D eigenvalue weighted by Crippen LogP contribution is 2.41. The van der Waals surface area contributed by atoms with E-state index in [0.717, 1.165) is 12.5 Å².